The highest BCUT2D eigenvalue weighted by Gasteiger charge is 2.23. The SMILES string of the molecule is Cl.NCC1CN(Cc2cc(Cl)cc3c2OCC3)CCO1. The van der Waals surface area contributed by atoms with E-state index >= 15 is 0 Å². The first-order valence-corrected chi connectivity index (χ1v) is 7.12. The van der Waals surface area contributed by atoms with E-state index in [1.807, 2.05) is 12.1 Å². The van der Waals surface area contributed by atoms with Gasteiger partial charge in [0.25, 0.3) is 0 Å². The second-order valence-corrected chi connectivity index (χ2v) is 5.55. The van der Waals surface area contributed by atoms with Gasteiger partial charge in [-0.05, 0) is 17.7 Å². The summed E-state index contributed by atoms with van der Waals surface area (Å²) in [5.41, 5.74) is 8.08. The van der Waals surface area contributed by atoms with Gasteiger partial charge in [0, 0.05) is 43.2 Å². The Morgan fingerprint density at radius 1 is 1.35 bits per heavy atom. The molecule has 0 aliphatic carbocycles. The zero-order valence-electron chi connectivity index (χ0n) is 11.3. The van der Waals surface area contributed by atoms with Gasteiger partial charge in [-0.1, -0.05) is 11.6 Å². The zero-order chi connectivity index (χ0) is 13.2. The molecule has 20 heavy (non-hydrogen) atoms. The Hall–Kier alpha value is -0.520. The molecule has 0 amide bonds. The average Bonchev–Trinajstić information content (AvgIpc) is 2.87. The van der Waals surface area contributed by atoms with Gasteiger partial charge >= 0.3 is 0 Å². The van der Waals surface area contributed by atoms with Crippen LogP contribution in [0, 0.1) is 0 Å². The van der Waals surface area contributed by atoms with Crippen LogP contribution in [0.4, 0.5) is 0 Å². The van der Waals surface area contributed by atoms with Gasteiger partial charge in [-0.25, -0.2) is 0 Å². The van der Waals surface area contributed by atoms with Gasteiger partial charge < -0.3 is 15.2 Å². The summed E-state index contributed by atoms with van der Waals surface area (Å²) in [5.74, 6) is 1.03. The van der Waals surface area contributed by atoms with Crippen molar-refractivity contribution in [2.75, 3.05) is 32.8 Å². The molecule has 0 aromatic heterocycles. The topological polar surface area (TPSA) is 47.7 Å². The third-order valence-corrected chi connectivity index (χ3v) is 3.92. The first-order chi connectivity index (χ1) is 9.26. The standard InChI is InChI=1S/C14H19ClN2O2.ClH/c15-12-5-10-1-3-19-14(10)11(6-12)8-17-2-4-18-13(7-16)9-17;/h5-6,13H,1-4,7-9,16H2;1H. The number of ether oxygens (including phenoxy) is 2. The normalized spacial score (nSPS) is 22.0. The van der Waals surface area contributed by atoms with Crippen molar-refractivity contribution >= 4 is 24.0 Å². The van der Waals surface area contributed by atoms with Crippen molar-refractivity contribution in [2.45, 2.75) is 19.1 Å². The van der Waals surface area contributed by atoms with E-state index in [1.54, 1.807) is 0 Å². The Morgan fingerprint density at radius 3 is 3.00 bits per heavy atom. The highest BCUT2D eigenvalue weighted by Crippen LogP contribution is 2.33. The minimum Gasteiger partial charge on any atom is -0.493 e. The Balaban J connectivity index is 0.00000147. The first-order valence-electron chi connectivity index (χ1n) is 6.74. The number of rotatable bonds is 3. The summed E-state index contributed by atoms with van der Waals surface area (Å²) in [6.45, 7) is 4.72. The molecule has 0 spiro atoms. The predicted octanol–water partition coefficient (Wildman–Crippen LogP) is 1.86. The maximum absolute atomic E-state index is 6.18. The highest BCUT2D eigenvalue weighted by atomic mass is 35.5. The van der Waals surface area contributed by atoms with E-state index in [0.29, 0.717) is 6.54 Å². The smallest absolute Gasteiger partial charge is 0.127 e. The molecule has 1 aromatic carbocycles. The molecule has 2 aliphatic heterocycles. The van der Waals surface area contributed by atoms with E-state index in [2.05, 4.69) is 4.90 Å². The molecule has 1 aromatic rings. The first kappa shape index (κ1) is 15.9. The van der Waals surface area contributed by atoms with E-state index < -0.39 is 0 Å². The summed E-state index contributed by atoms with van der Waals surface area (Å²) >= 11 is 6.18. The second-order valence-electron chi connectivity index (χ2n) is 5.12. The lowest BCUT2D eigenvalue weighted by molar-refractivity contribution is -0.0262. The second kappa shape index (κ2) is 6.96. The molecule has 1 saturated heterocycles. The number of halogens is 2. The fourth-order valence-corrected chi connectivity index (χ4v) is 3.03. The van der Waals surface area contributed by atoms with Gasteiger partial charge in [-0.2, -0.15) is 0 Å². The van der Waals surface area contributed by atoms with E-state index in [9.17, 15) is 0 Å². The largest absolute Gasteiger partial charge is 0.493 e. The molecule has 112 valence electrons. The molecule has 6 heteroatoms. The Labute approximate surface area is 130 Å². The minimum absolute atomic E-state index is 0. The summed E-state index contributed by atoms with van der Waals surface area (Å²) < 4.78 is 11.3. The van der Waals surface area contributed by atoms with E-state index in [-0.39, 0.29) is 18.5 Å². The van der Waals surface area contributed by atoms with Crippen LogP contribution in [-0.4, -0.2) is 43.9 Å². The van der Waals surface area contributed by atoms with Crippen LogP contribution in [0.1, 0.15) is 11.1 Å². The van der Waals surface area contributed by atoms with Gasteiger partial charge in [0.15, 0.2) is 0 Å². The van der Waals surface area contributed by atoms with Crippen LogP contribution in [0.25, 0.3) is 0 Å². The van der Waals surface area contributed by atoms with E-state index in [0.717, 1.165) is 50.0 Å². The van der Waals surface area contributed by atoms with Crippen LogP contribution in [0.15, 0.2) is 12.1 Å². The lowest BCUT2D eigenvalue weighted by atomic mass is 10.1. The molecule has 2 heterocycles. The maximum Gasteiger partial charge on any atom is 0.127 e. The van der Waals surface area contributed by atoms with Crippen LogP contribution in [0.2, 0.25) is 5.02 Å². The number of nitrogens with two attached hydrogens (primary N) is 1. The molecular weight excluding hydrogens is 299 g/mol. The van der Waals surface area contributed by atoms with Crippen molar-refractivity contribution in [1.82, 2.24) is 4.90 Å². The number of hydrogen-bond acceptors (Lipinski definition) is 4. The minimum atomic E-state index is 0. The summed E-state index contributed by atoms with van der Waals surface area (Å²) in [5, 5.41) is 0.794. The van der Waals surface area contributed by atoms with Gasteiger partial charge in [0.1, 0.15) is 5.75 Å². The van der Waals surface area contributed by atoms with Crippen molar-refractivity contribution in [2.24, 2.45) is 5.73 Å². The molecule has 2 N–H and O–H groups in total. The van der Waals surface area contributed by atoms with Crippen LogP contribution >= 0.6 is 24.0 Å². The van der Waals surface area contributed by atoms with E-state index in [4.69, 9.17) is 26.8 Å². The monoisotopic (exact) mass is 318 g/mol. The van der Waals surface area contributed by atoms with Crippen molar-refractivity contribution in [3.63, 3.8) is 0 Å². The van der Waals surface area contributed by atoms with Crippen molar-refractivity contribution in [3.05, 3.63) is 28.3 Å². The Bertz CT molecular complexity index is 471. The number of nitrogens with zero attached hydrogens (tertiary/aromatic N) is 1. The van der Waals surface area contributed by atoms with Crippen LogP contribution in [0.5, 0.6) is 5.75 Å². The Morgan fingerprint density at radius 2 is 2.20 bits per heavy atom. The van der Waals surface area contributed by atoms with Gasteiger partial charge in [-0.3, -0.25) is 4.90 Å². The van der Waals surface area contributed by atoms with Crippen molar-refractivity contribution in [1.29, 1.82) is 0 Å². The van der Waals surface area contributed by atoms with Crippen LogP contribution < -0.4 is 10.5 Å². The molecule has 1 fully saturated rings. The fraction of sp³-hybridized carbons (Fsp3) is 0.571. The molecule has 0 bridgehead atoms. The number of morpholine rings is 1. The van der Waals surface area contributed by atoms with Crippen LogP contribution in [0.3, 0.4) is 0 Å². The van der Waals surface area contributed by atoms with Crippen molar-refractivity contribution < 1.29 is 9.47 Å². The molecule has 2 aliphatic rings. The lowest BCUT2D eigenvalue weighted by Gasteiger charge is -2.32. The molecule has 4 nitrogen and oxygen atoms in total. The molecule has 0 saturated carbocycles. The highest BCUT2D eigenvalue weighted by molar-refractivity contribution is 6.30. The summed E-state index contributed by atoms with van der Waals surface area (Å²) in [4.78, 5) is 2.36. The zero-order valence-corrected chi connectivity index (χ0v) is 12.9. The van der Waals surface area contributed by atoms with Crippen molar-refractivity contribution in [3.8, 4) is 5.75 Å². The lowest BCUT2D eigenvalue weighted by Crippen LogP contribution is -2.45. The molecule has 0 radical (unpaired) electrons. The fourth-order valence-electron chi connectivity index (χ4n) is 2.77. The number of hydrogen-bond donors (Lipinski definition) is 1. The molecule has 3 rings (SSSR count). The quantitative estimate of drug-likeness (QED) is 0.924. The van der Waals surface area contributed by atoms with E-state index in [1.165, 1.54) is 11.1 Å². The molecule has 1 unspecified atom stereocenters. The third kappa shape index (κ3) is 3.38. The number of fused-ring (bicyclic) bond motifs is 1. The molecule has 1 atom stereocenters. The van der Waals surface area contributed by atoms with Gasteiger partial charge in [0.2, 0.25) is 0 Å². The molecular formula is C14H20Cl2N2O2. The van der Waals surface area contributed by atoms with Gasteiger partial charge in [-0.15, -0.1) is 12.4 Å². The summed E-state index contributed by atoms with van der Waals surface area (Å²) in [7, 11) is 0. The van der Waals surface area contributed by atoms with Crippen LogP contribution in [-0.2, 0) is 17.7 Å². The summed E-state index contributed by atoms with van der Waals surface area (Å²) in [6, 6.07) is 4.02. The third-order valence-electron chi connectivity index (χ3n) is 3.71. The Kier molecular flexibility index (Phi) is 5.52. The average molecular weight is 319 g/mol. The summed E-state index contributed by atoms with van der Waals surface area (Å²) in [6.07, 6.45) is 1.10. The predicted molar refractivity (Wildman–Crippen MR) is 82.0 cm³/mol. The number of benzene rings is 1. The van der Waals surface area contributed by atoms with Gasteiger partial charge in [0.05, 0.1) is 19.3 Å². The maximum atomic E-state index is 6.18.